The number of hydrogen-bond acceptors (Lipinski definition) is 5. The van der Waals surface area contributed by atoms with Gasteiger partial charge in [0.25, 0.3) is 0 Å². The van der Waals surface area contributed by atoms with Gasteiger partial charge in [-0.3, -0.25) is 4.68 Å². The van der Waals surface area contributed by atoms with Crippen LogP contribution in [0.1, 0.15) is 30.1 Å². The Labute approximate surface area is 165 Å². The van der Waals surface area contributed by atoms with Crippen molar-refractivity contribution in [3.8, 4) is 0 Å². The number of nitrogens with one attached hydrogen (secondary N) is 1. The van der Waals surface area contributed by atoms with E-state index in [0.717, 1.165) is 17.3 Å². The lowest BCUT2D eigenvalue weighted by Gasteiger charge is -2.34. The average molecular weight is 405 g/mol. The van der Waals surface area contributed by atoms with Gasteiger partial charge in [-0.15, -0.1) is 0 Å². The highest BCUT2D eigenvalue weighted by atomic mass is 35.5. The lowest BCUT2D eigenvalue weighted by atomic mass is 9.91. The molecule has 0 radical (unpaired) electrons. The third-order valence-corrected chi connectivity index (χ3v) is 5.30. The second kappa shape index (κ2) is 7.46. The van der Waals surface area contributed by atoms with Gasteiger partial charge in [0.2, 0.25) is 0 Å². The number of fused-ring (bicyclic) bond motifs is 1. The van der Waals surface area contributed by atoms with Crippen molar-refractivity contribution in [3.05, 3.63) is 76.8 Å². The third-order valence-electron chi connectivity index (χ3n) is 5.06. The van der Waals surface area contributed by atoms with Crippen molar-refractivity contribution < 1.29 is 8.78 Å². The first-order chi connectivity index (χ1) is 13.4. The van der Waals surface area contributed by atoms with E-state index in [1.165, 1.54) is 18.5 Å². The SMILES string of the molecule is C[C@H]([C@@H](Cn1cncn1)c1ccc(F)cc1F)N1NC(N)c2cc(Cl)ccc21. The molecule has 2 aromatic carbocycles. The van der Waals surface area contributed by atoms with Crippen LogP contribution in [0.15, 0.2) is 49.1 Å². The van der Waals surface area contributed by atoms with Crippen molar-refractivity contribution in [1.29, 1.82) is 0 Å². The lowest BCUT2D eigenvalue weighted by Crippen LogP contribution is -2.47. The molecule has 146 valence electrons. The summed E-state index contributed by atoms with van der Waals surface area (Å²) >= 11 is 6.10. The van der Waals surface area contributed by atoms with E-state index in [0.29, 0.717) is 17.1 Å². The van der Waals surface area contributed by atoms with Crippen LogP contribution in [-0.4, -0.2) is 20.8 Å². The molecular formula is C19H19ClF2N6. The van der Waals surface area contributed by atoms with Gasteiger partial charge in [-0.25, -0.2) is 19.2 Å². The van der Waals surface area contributed by atoms with Crippen LogP contribution < -0.4 is 16.2 Å². The van der Waals surface area contributed by atoms with Crippen molar-refractivity contribution >= 4 is 17.3 Å². The first kappa shape index (κ1) is 18.8. The molecule has 3 aromatic rings. The van der Waals surface area contributed by atoms with Gasteiger partial charge in [-0.05, 0) is 36.8 Å². The van der Waals surface area contributed by atoms with Gasteiger partial charge < -0.3 is 10.7 Å². The van der Waals surface area contributed by atoms with E-state index in [9.17, 15) is 8.78 Å². The van der Waals surface area contributed by atoms with Gasteiger partial charge in [-0.2, -0.15) is 5.10 Å². The Morgan fingerprint density at radius 3 is 2.79 bits per heavy atom. The molecule has 0 aliphatic carbocycles. The van der Waals surface area contributed by atoms with Gasteiger partial charge in [0.05, 0.1) is 18.3 Å². The molecule has 0 amide bonds. The fraction of sp³-hybridized carbons (Fsp3) is 0.263. The molecule has 0 saturated carbocycles. The molecule has 1 aliphatic rings. The number of anilines is 1. The van der Waals surface area contributed by atoms with Crippen molar-refractivity contribution in [1.82, 2.24) is 20.2 Å². The van der Waals surface area contributed by atoms with E-state index >= 15 is 0 Å². The second-order valence-electron chi connectivity index (χ2n) is 6.81. The van der Waals surface area contributed by atoms with Crippen molar-refractivity contribution in [2.45, 2.75) is 31.6 Å². The predicted molar refractivity (Wildman–Crippen MR) is 103 cm³/mol. The first-order valence-corrected chi connectivity index (χ1v) is 9.19. The summed E-state index contributed by atoms with van der Waals surface area (Å²) in [5, 5.41) is 6.63. The fourth-order valence-electron chi connectivity index (χ4n) is 3.64. The molecule has 1 aliphatic heterocycles. The number of halogens is 3. The summed E-state index contributed by atoms with van der Waals surface area (Å²) in [7, 11) is 0. The van der Waals surface area contributed by atoms with Crippen LogP contribution in [0, 0.1) is 11.6 Å². The first-order valence-electron chi connectivity index (χ1n) is 8.82. The van der Waals surface area contributed by atoms with E-state index in [1.807, 2.05) is 24.1 Å². The number of rotatable bonds is 5. The Morgan fingerprint density at radius 2 is 2.07 bits per heavy atom. The van der Waals surface area contributed by atoms with Crippen LogP contribution in [0.2, 0.25) is 5.02 Å². The molecule has 0 saturated heterocycles. The molecule has 0 fully saturated rings. The topological polar surface area (TPSA) is 72.0 Å². The van der Waals surface area contributed by atoms with E-state index in [2.05, 4.69) is 15.5 Å². The number of nitrogens with two attached hydrogens (primary N) is 1. The molecule has 6 nitrogen and oxygen atoms in total. The molecule has 3 N–H and O–H groups in total. The Bertz CT molecular complexity index is 981. The van der Waals surface area contributed by atoms with E-state index in [4.69, 9.17) is 17.3 Å². The minimum atomic E-state index is -0.616. The van der Waals surface area contributed by atoms with E-state index in [-0.39, 0.29) is 12.0 Å². The lowest BCUT2D eigenvalue weighted by molar-refractivity contribution is 0.393. The minimum absolute atomic E-state index is 0.238. The Kier molecular flexibility index (Phi) is 5.01. The van der Waals surface area contributed by atoms with Crippen LogP contribution in [0.5, 0.6) is 0 Å². The van der Waals surface area contributed by atoms with E-state index < -0.39 is 17.8 Å². The highest BCUT2D eigenvalue weighted by Gasteiger charge is 2.34. The molecule has 1 aromatic heterocycles. The monoisotopic (exact) mass is 404 g/mol. The van der Waals surface area contributed by atoms with Crippen LogP contribution in [0.4, 0.5) is 14.5 Å². The minimum Gasteiger partial charge on any atom is -0.311 e. The quantitative estimate of drug-likeness (QED) is 0.682. The largest absolute Gasteiger partial charge is 0.311 e. The smallest absolute Gasteiger partial charge is 0.137 e. The summed E-state index contributed by atoms with van der Waals surface area (Å²) in [5.74, 6) is -1.57. The zero-order chi connectivity index (χ0) is 19.8. The maximum Gasteiger partial charge on any atom is 0.137 e. The maximum atomic E-state index is 14.6. The van der Waals surface area contributed by atoms with Crippen LogP contribution in [0.3, 0.4) is 0 Å². The summed E-state index contributed by atoms with van der Waals surface area (Å²) in [6.45, 7) is 2.31. The molecule has 0 spiro atoms. The third kappa shape index (κ3) is 3.46. The summed E-state index contributed by atoms with van der Waals surface area (Å²) in [4.78, 5) is 3.95. The van der Waals surface area contributed by atoms with Gasteiger partial charge in [0.15, 0.2) is 0 Å². The summed E-state index contributed by atoms with van der Waals surface area (Å²) in [6, 6.07) is 8.86. The van der Waals surface area contributed by atoms with E-state index in [1.54, 1.807) is 17.1 Å². The molecule has 4 rings (SSSR count). The molecule has 1 unspecified atom stereocenters. The molecule has 2 heterocycles. The molecular weight excluding hydrogens is 386 g/mol. The molecule has 3 atom stereocenters. The fourth-order valence-corrected chi connectivity index (χ4v) is 3.82. The molecule has 9 heteroatoms. The predicted octanol–water partition coefficient (Wildman–Crippen LogP) is 3.36. The highest BCUT2D eigenvalue weighted by Crippen LogP contribution is 2.37. The van der Waals surface area contributed by atoms with Crippen molar-refractivity contribution in [2.75, 3.05) is 5.01 Å². The standard InChI is InChI=1S/C19H19ClF2N6/c1-11(28-18-5-2-12(20)6-15(18)19(23)26-28)16(8-27-10-24-9-25-27)14-4-3-13(21)7-17(14)22/h2-7,9-11,16,19,26H,8,23H2,1H3/t11-,16-,19?/m1/s1. The van der Waals surface area contributed by atoms with Gasteiger partial charge in [-0.1, -0.05) is 17.7 Å². The van der Waals surface area contributed by atoms with Gasteiger partial charge in [0, 0.05) is 22.6 Å². The number of nitrogens with zero attached hydrogens (tertiary/aromatic N) is 4. The maximum absolute atomic E-state index is 14.6. The zero-order valence-corrected chi connectivity index (χ0v) is 15.8. The number of hydrogen-bond donors (Lipinski definition) is 2. The molecule has 0 bridgehead atoms. The average Bonchev–Trinajstić information content (AvgIpc) is 3.28. The number of aromatic nitrogens is 3. The molecule has 28 heavy (non-hydrogen) atoms. The Balaban J connectivity index is 1.72. The second-order valence-corrected chi connectivity index (χ2v) is 7.25. The summed E-state index contributed by atoms with van der Waals surface area (Å²) < 4.78 is 29.7. The summed E-state index contributed by atoms with van der Waals surface area (Å²) in [6.07, 6.45) is 2.56. The van der Waals surface area contributed by atoms with Gasteiger partial charge >= 0.3 is 0 Å². The highest BCUT2D eigenvalue weighted by molar-refractivity contribution is 6.30. The summed E-state index contributed by atoms with van der Waals surface area (Å²) in [5.41, 5.74) is 11.5. The van der Waals surface area contributed by atoms with Crippen LogP contribution in [0.25, 0.3) is 0 Å². The van der Waals surface area contributed by atoms with Crippen molar-refractivity contribution in [3.63, 3.8) is 0 Å². The number of hydrazine groups is 1. The van der Waals surface area contributed by atoms with Crippen molar-refractivity contribution in [2.24, 2.45) is 5.73 Å². The van der Waals surface area contributed by atoms with Crippen LogP contribution in [-0.2, 0) is 6.54 Å². The Morgan fingerprint density at radius 1 is 1.25 bits per heavy atom. The zero-order valence-electron chi connectivity index (χ0n) is 15.1. The number of benzene rings is 2. The Hall–Kier alpha value is -2.55. The van der Waals surface area contributed by atoms with Gasteiger partial charge in [0.1, 0.15) is 30.5 Å². The normalized spacial score (nSPS) is 18.2. The van der Waals surface area contributed by atoms with Crippen LogP contribution >= 0.6 is 11.6 Å².